The van der Waals surface area contributed by atoms with Crippen LogP contribution in [0.1, 0.15) is 71.2 Å². The normalized spacial score (nSPS) is 14.3. The van der Waals surface area contributed by atoms with Crippen molar-refractivity contribution >= 4 is 17.6 Å². The van der Waals surface area contributed by atoms with Gasteiger partial charge in [0.2, 0.25) is 0 Å². The molecule has 0 aliphatic carbocycles. The number of anilines is 1. The first kappa shape index (κ1) is 24.0. The number of carbonyl (C=O) groups excluding carboxylic acids is 2. The molecule has 1 aromatic rings. The van der Waals surface area contributed by atoms with E-state index < -0.39 is 11.6 Å². The number of rotatable bonds is 11. The van der Waals surface area contributed by atoms with Crippen molar-refractivity contribution < 1.29 is 23.8 Å². The van der Waals surface area contributed by atoms with Crippen LogP contribution in [-0.2, 0) is 14.3 Å². The van der Waals surface area contributed by atoms with Gasteiger partial charge < -0.3 is 19.5 Å². The number of amides is 1. The summed E-state index contributed by atoms with van der Waals surface area (Å²) in [5.41, 5.74) is -0.167. The third kappa shape index (κ3) is 6.82. The average molecular weight is 394 g/mol. The van der Waals surface area contributed by atoms with Crippen LogP contribution >= 0.6 is 0 Å². The highest BCUT2D eigenvalue weighted by Crippen LogP contribution is 2.28. The van der Waals surface area contributed by atoms with E-state index in [2.05, 4.69) is 19.2 Å². The van der Waals surface area contributed by atoms with Gasteiger partial charge in [0.15, 0.2) is 0 Å². The maximum absolute atomic E-state index is 13.0. The van der Waals surface area contributed by atoms with Crippen molar-refractivity contribution in [3.05, 3.63) is 23.8 Å². The van der Waals surface area contributed by atoms with E-state index in [1.807, 2.05) is 20.8 Å². The number of hydrogen-bond donors (Lipinski definition) is 1. The summed E-state index contributed by atoms with van der Waals surface area (Å²) in [4.78, 5) is 25.1. The minimum absolute atomic E-state index is 0.0411. The molecule has 0 saturated carbocycles. The third-order valence-electron chi connectivity index (χ3n) is 4.45. The van der Waals surface area contributed by atoms with Gasteiger partial charge in [-0.3, -0.25) is 4.79 Å². The van der Waals surface area contributed by atoms with Gasteiger partial charge >= 0.3 is 5.97 Å². The van der Waals surface area contributed by atoms with Crippen LogP contribution in [0.5, 0.6) is 5.75 Å². The van der Waals surface area contributed by atoms with Crippen molar-refractivity contribution in [3.63, 3.8) is 0 Å². The van der Waals surface area contributed by atoms with Crippen molar-refractivity contribution in [1.82, 2.24) is 0 Å². The Hall–Kier alpha value is -2.08. The molecule has 6 heteroatoms. The Labute approximate surface area is 168 Å². The van der Waals surface area contributed by atoms with Gasteiger partial charge in [0, 0.05) is 12.3 Å². The van der Waals surface area contributed by atoms with Gasteiger partial charge in [-0.2, -0.15) is 0 Å². The van der Waals surface area contributed by atoms with Crippen LogP contribution in [0.2, 0.25) is 0 Å². The molecule has 2 atom stereocenters. The zero-order chi connectivity index (χ0) is 21.3. The predicted octanol–water partition coefficient (Wildman–Crippen LogP) is 4.82. The van der Waals surface area contributed by atoms with E-state index in [0.717, 1.165) is 12.8 Å². The van der Waals surface area contributed by atoms with Gasteiger partial charge in [-0.15, -0.1) is 0 Å². The van der Waals surface area contributed by atoms with Gasteiger partial charge in [0.05, 0.1) is 13.2 Å². The molecule has 0 aliphatic heterocycles. The zero-order valence-corrected chi connectivity index (χ0v) is 18.3. The predicted molar refractivity (Wildman–Crippen MR) is 111 cm³/mol. The highest BCUT2D eigenvalue weighted by atomic mass is 16.5. The second-order valence-electron chi connectivity index (χ2n) is 7.67. The molecule has 0 radical (unpaired) electrons. The molecule has 0 fully saturated rings. The van der Waals surface area contributed by atoms with Crippen LogP contribution in [0.3, 0.4) is 0 Å². The fraction of sp³-hybridized carbons (Fsp3) is 0.636. The Morgan fingerprint density at radius 1 is 1.18 bits per heavy atom. The largest absolute Gasteiger partial charge is 0.490 e. The molecule has 0 aromatic heterocycles. The molecule has 158 valence electrons. The monoisotopic (exact) mass is 393 g/mol. The molecule has 0 saturated heterocycles. The number of carbonyl (C=O) groups is 2. The van der Waals surface area contributed by atoms with Crippen LogP contribution in [0.25, 0.3) is 0 Å². The van der Waals surface area contributed by atoms with Gasteiger partial charge in [-0.05, 0) is 57.2 Å². The first-order valence-electron chi connectivity index (χ1n) is 10.0. The van der Waals surface area contributed by atoms with E-state index in [4.69, 9.17) is 14.2 Å². The van der Waals surface area contributed by atoms with Crippen molar-refractivity contribution in [1.29, 1.82) is 0 Å². The molecule has 0 bridgehead atoms. The lowest BCUT2D eigenvalue weighted by atomic mass is 9.93. The average Bonchev–Trinajstić information content (AvgIpc) is 2.66. The highest BCUT2D eigenvalue weighted by molar-refractivity contribution is 5.99. The Morgan fingerprint density at radius 3 is 2.39 bits per heavy atom. The first-order valence-corrected chi connectivity index (χ1v) is 10.0. The summed E-state index contributed by atoms with van der Waals surface area (Å²) in [7, 11) is 1.32. The van der Waals surface area contributed by atoms with Crippen LogP contribution in [0.15, 0.2) is 18.2 Å². The van der Waals surface area contributed by atoms with E-state index in [0.29, 0.717) is 30.4 Å². The summed E-state index contributed by atoms with van der Waals surface area (Å²) in [5.74, 6) is -0.0152. The lowest BCUT2D eigenvalue weighted by Gasteiger charge is -2.30. The SMILES string of the molecule is CCCO[C@@](C)(CC(C)C)C(=O)Nc1ccc(O[C@@H](C)CC)c(C(=O)OC)c1. The molecule has 1 N–H and O–H groups in total. The molecule has 1 aromatic carbocycles. The molecular formula is C22H35NO5. The number of benzene rings is 1. The maximum Gasteiger partial charge on any atom is 0.341 e. The fourth-order valence-corrected chi connectivity index (χ4v) is 2.87. The van der Waals surface area contributed by atoms with E-state index >= 15 is 0 Å². The van der Waals surface area contributed by atoms with Crippen molar-refractivity contribution in [2.24, 2.45) is 5.92 Å². The summed E-state index contributed by atoms with van der Waals surface area (Å²) in [5, 5.41) is 2.88. The van der Waals surface area contributed by atoms with E-state index in [9.17, 15) is 9.59 Å². The molecule has 0 aliphatic rings. The number of nitrogens with one attached hydrogen (secondary N) is 1. The molecule has 0 unspecified atom stereocenters. The highest BCUT2D eigenvalue weighted by Gasteiger charge is 2.35. The van der Waals surface area contributed by atoms with E-state index in [1.165, 1.54) is 7.11 Å². The Kier molecular flexibility index (Phi) is 9.46. The standard InChI is InChI=1S/C22H35NO5/c1-8-12-27-22(6,14-15(3)4)21(25)23-17-10-11-19(28-16(5)9-2)18(13-17)20(24)26-7/h10-11,13,15-16H,8-9,12,14H2,1-7H3,(H,23,25)/t16-,22-/m0/s1. The fourth-order valence-electron chi connectivity index (χ4n) is 2.87. The van der Waals surface area contributed by atoms with Gasteiger partial charge in [-0.25, -0.2) is 4.79 Å². The van der Waals surface area contributed by atoms with Crippen LogP contribution in [0, 0.1) is 5.92 Å². The summed E-state index contributed by atoms with van der Waals surface area (Å²) < 4.78 is 16.6. The maximum atomic E-state index is 13.0. The second kappa shape index (κ2) is 11.1. The Balaban J connectivity index is 3.11. The minimum Gasteiger partial charge on any atom is -0.490 e. The molecule has 0 heterocycles. The van der Waals surface area contributed by atoms with Crippen LogP contribution in [-0.4, -0.2) is 37.3 Å². The summed E-state index contributed by atoms with van der Waals surface area (Å²) >= 11 is 0. The second-order valence-corrected chi connectivity index (χ2v) is 7.67. The molecule has 0 spiro atoms. The van der Waals surface area contributed by atoms with Gasteiger partial charge in [0.1, 0.15) is 16.9 Å². The summed E-state index contributed by atoms with van der Waals surface area (Å²) in [6, 6.07) is 4.98. The lowest BCUT2D eigenvalue weighted by Crippen LogP contribution is -2.44. The van der Waals surface area contributed by atoms with Crippen LogP contribution < -0.4 is 10.1 Å². The van der Waals surface area contributed by atoms with Crippen LogP contribution in [0.4, 0.5) is 5.69 Å². The number of ether oxygens (including phenoxy) is 3. The van der Waals surface area contributed by atoms with Crippen molar-refractivity contribution in [2.45, 2.75) is 72.5 Å². The first-order chi connectivity index (χ1) is 13.2. The number of methoxy groups -OCH3 is 1. The number of hydrogen-bond acceptors (Lipinski definition) is 5. The molecule has 1 amide bonds. The van der Waals surface area contributed by atoms with Gasteiger partial charge in [-0.1, -0.05) is 27.7 Å². The lowest BCUT2D eigenvalue weighted by molar-refractivity contribution is -0.141. The molecule has 28 heavy (non-hydrogen) atoms. The smallest absolute Gasteiger partial charge is 0.341 e. The van der Waals surface area contributed by atoms with Gasteiger partial charge in [0.25, 0.3) is 5.91 Å². The van der Waals surface area contributed by atoms with E-state index in [1.54, 1.807) is 25.1 Å². The molecule has 6 nitrogen and oxygen atoms in total. The Bertz CT molecular complexity index is 658. The minimum atomic E-state index is -0.943. The topological polar surface area (TPSA) is 73.9 Å². The summed E-state index contributed by atoms with van der Waals surface area (Å²) in [6.07, 6.45) is 2.19. The zero-order valence-electron chi connectivity index (χ0n) is 18.3. The van der Waals surface area contributed by atoms with Crippen molar-refractivity contribution in [2.75, 3.05) is 19.0 Å². The van der Waals surface area contributed by atoms with Crippen molar-refractivity contribution in [3.8, 4) is 5.75 Å². The molecule has 1 rings (SSSR count). The summed E-state index contributed by atoms with van der Waals surface area (Å²) in [6.45, 7) is 12.4. The third-order valence-corrected chi connectivity index (χ3v) is 4.45. The Morgan fingerprint density at radius 2 is 1.86 bits per heavy atom. The van der Waals surface area contributed by atoms with E-state index in [-0.39, 0.29) is 17.6 Å². The molecular weight excluding hydrogens is 358 g/mol. The quantitative estimate of drug-likeness (QED) is 0.546. The number of esters is 1.